The highest BCUT2D eigenvalue weighted by Gasteiger charge is 2.27. The molecule has 0 saturated carbocycles. The maximum Gasteiger partial charge on any atom is 0.120 e. The fourth-order valence-corrected chi connectivity index (χ4v) is 3.72. The van der Waals surface area contributed by atoms with Crippen molar-refractivity contribution in [2.75, 3.05) is 7.11 Å². The molecule has 2 nitrogen and oxygen atoms in total. The number of aryl methyl sites for hydroxylation is 1. The topological polar surface area (TPSA) is 29.5 Å². The van der Waals surface area contributed by atoms with E-state index < -0.39 is 6.10 Å². The molecular formula is C18H19BrO2. The van der Waals surface area contributed by atoms with E-state index in [9.17, 15) is 5.11 Å². The van der Waals surface area contributed by atoms with Crippen LogP contribution in [0.2, 0.25) is 0 Å². The summed E-state index contributed by atoms with van der Waals surface area (Å²) < 4.78 is 6.12. The molecule has 0 fully saturated rings. The highest BCUT2D eigenvalue weighted by atomic mass is 79.9. The number of rotatable bonds is 3. The number of benzene rings is 2. The summed E-state index contributed by atoms with van der Waals surface area (Å²) in [4.78, 5) is 0. The van der Waals surface area contributed by atoms with Crippen molar-refractivity contribution in [3.63, 3.8) is 0 Å². The largest absolute Gasteiger partial charge is 0.497 e. The Hall–Kier alpha value is -1.32. The fraction of sp³-hybridized carbons (Fsp3) is 0.333. The van der Waals surface area contributed by atoms with Crippen LogP contribution in [-0.4, -0.2) is 12.2 Å². The summed E-state index contributed by atoms with van der Waals surface area (Å²) in [5.41, 5.74) is 3.74. The molecule has 0 spiro atoms. The Kier molecular flexibility index (Phi) is 4.32. The fourth-order valence-electron chi connectivity index (χ4n) is 3.12. The van der Waals surface area contributed by atoms with Gasteiger partial charge in [0.25, 0.3) is 0 Å². The van der Waals surface area contributed by atoms with Crippen molar-refractivity contribution in [3.8, 4) is 5.75 Å². The van der Waals surface area contributed by atoms with Gasteiger partial charge < -0.3 is 9.84 Å². The van der Waals surface area contributed by atoms with E-state index in [0.29, 0.717) is 0 Å². The SMILES string of the molecule is COc1ccc(C(O)C2CCc3ccccc3C2)c(Br)c1. The molecule has 0 aromatic heterocycles. The van der Waals surface area contributed by atoms with Crippen molar-refractivity contribution >= 4 is 15.9 Å². The van der Waals surface area contributed by atoms with Crippen LogP contribution in [0.5, 0.6) is 5.75 Å². The molecule has 3 rings (SSSR count). The van der Waals surface area contributed by atoms with Crippen LogP contribution in [0, 0.1) is 5.92 Å². The monoisotopic (exact) mass is 346 g/mol. The summed E-state index contributed by atoms with van der Waals surface area (Å²) in [6, 6.07) is 14.3. The number of hydrogen-bond donors (Lipinski definition) is 1. The summed E-state index contributed by atoms with van der Waals surface area (Å²) in [7, 11) is 1.65. The van der Waals surface area contributed by atoms with E-state index >= 15 is 0 Å². The summed E-state index contributed by atoms with van der Waals surface area (Å²) in [5, 5.41) is 10.7. The zero-order valence-electron chi connectivity index (χ0n) is 12.1. The molecule has 0 bridgehead atoms. The second-order valence-corrected chi connectivity index (χ2v) is 6.46. The quantitative estimate of drug-likeness (QED) is 0.897. The zero-order chi connectivity index (χ0) is 14.8. The average molecular weight is 347 g/mol. The molecule has 110 valence electrons. The van der Waals surface area contributed by atoms with Gasteiger partial charge in [0.15, 0.2) is 0 Å². The molecule has 3 heteroatoms. The lowest BCUT2D eigenvalue weighted by Gasteiger charge is -2.29. The van der Waals surface area contributed by atoms with Crippen LogP contribution in [0.3, 0.4) is 0 Å². The van der Waals surface area contributed by atoms with Gasteiger partial charge in [-0.2, -0.15) is 0 Å². The number of halogens is 1. The highest BCUT2D eigenvalue weighted by Crippen LogP contribution is 2.37. The standard InChI is InChI=1S/C18H19BrO2/c1-21-15-8-9-16(17(19)11-15)18(20)14-7-6-12-4-2-3-5-13(12)10-14/h2-5,8-9,11,14,18,20H,6-7,10H2,1H3. The average Bonchev–Trinajstić information content (AvgIpc) is 2.53. The first kappa shape index (κ1) is 14.6. The summed E-state index contributed by atoms with van der Waals surface area (Å²) >= 11 is 3.55. The van der Waals surface area contributed by atoms with Crippen molar-refractivity contribution in [1.29, 1.82) is 0 Å². The Bertz CT molecular complexity index is 639. The molecule has 2 aromatic rings. The van der Waals surface area contributed by atoms with Gasteiger partial charge in [-0.15, -0.1) is 0 Å². The van der Waals surface area contributed by atoms with Gasteiger partial charge in [-0.1, -0.05) is 46.3 Å². The lowest BCUT2D eigenvalue weighted by atomic mass is 9.79. The van der Waals surface area contributed by atoms with Gasteiger partial charge >= 0.3 is 0 Å². The van der Waals surface area contributed by atoms with E-state index in [1.165, 1.54) is 11.1 Å². The van der Waals surface area contributed by atoms with Gasteiger partial charge in [0.05, 0.1) is 13.2 Å². The number of methoxy groups -OCH3 is 1. The molecule has 2 unspecified atom stereocenters. The smallest absolute Gasteiger partial charge is 0.120 e. The zero-order valence-corrected chi connectivity index (χ0v) is 13.6. The third kappa shape index (κ3) is 2.99. The number of fused-ring (bicyclic) bond motifs is 1. The van der Waals surface area contributed by atoms with Gasteiger partial charge in [0, 0.05) is 4.47 Å². The molecule has 0 saturated heterocycles. The van der Waals surface area contributed by atoms with E-state index in [1.807, 2.05) is 18.2 Å². The van der Waals surface area contributed by atoms with E-state index in [1.54, 1.807) is 7.11 Å². The minimum absolute atomic E-state index is 0.268. The number of ether oxygens (including phenoxy) is 1. The molecular weight excluding hydrogens is 328 g/mol. The number of aliphatic hydroxyl groups is 1. The Morgan fingerprint density at radius 2 is 1.95 bits per heavy atom. The van der Waals surface area contributed by atoms with E-state index in [2.05, 4.69) is 40.2 Å². The van der Waals surface area contributed by atoms with Crippen LogP contribution in [-0.2, 0) is 12.8 Å². The molecule has 2 aromatic carbocycles. The number of hydrogen-bond acceptors (Lipinski definition) is 2. The summed E-state index contributed by atoms with van der Waals surface area (Å²) in [5.74, 6) is 1.07. The Balaban J connectivity index is 1.82. The Morgan fingerprint density at radius 1 is 1.19 bits per heavy atom. The van der Waals surface area contributed by atoms with Crippen LogP contribution in [0.1, 0.15) is 29.2 Å². The first-order chi connectivity index (χ1) is 10.2. The van der Waals surface area contributed by atoms with Crippen LogP contribution >= 0.6 is 15.9 Å². The summed E-state index contributed by atoms with van der Waals surface area (Å²) in [6.07, 6.45) is 2.57. The predicted octanol–water partition coefficient (Wildman–Crippen LogP) is 4.30. The van der Waals surface area contributed by atoms with Crippen LogP contribution < -0.4 is 4.74 Å². The third-order valence-electron chi connectivity index (χ3n) is 4.36. The normalized spacial score (nSPS) is 18.9. The molecule has 2 atom stereocenters. The maximum atomic E-state index is 10.7. The van der Waals surface area contributed by atoms with Crippen molar-refractivity contribution in [2.45, 2.75) is 25.4 Å². The van der Waals surface area contributed by atoms with Crippen LogP contribution in [0.15, 0.2) is 46.9 Å². The van der Waals surface area contributed by atoms with Crippen LogP contribution in [0.25, 0.3) is 0 Å². The first-order valence-electron chi connectivity index (χ1n) is 7.27. The first-order valence-corrected chi connectivity index (χ1v) is 8.06. The third-order valence-corrected chi connectivity index (χ3v) is 5.04. The van der Waals surface area contributed by atoms with Crippen molar-refractivity contribution in [2.24, 2.45) is 5.92 Å². The number of aliphatic hydroxyl groups excluding tert-OH is 1. The predicted molar refractivity (Wildman–Crippen MR) is 87.6 cm³/mol. The van der Waals surface area contributed by atoms with Crippen molar-refractivity contribution < 1.29 is 9.84 Å². The minimum Gasteiger partial charge on any atom is -0.497 e. The molecule has 0 amide bonds. The van der Waals surface area contributed by atoms with Gasteiger partial charge in [0.2, 0.25) is 0 Å². The molecule has 0 heterocycles. The summed E-state index contributed by atoms with van der Waals surface area (Å²) in [6.45, 7) is 0. The van der Waals surface area contributed by atoms with Crippen molar-refractivity contribution in [1.82, 2.24) is 0 Å². The molecule has 21 heavy (non-hydrogen) atoms. The second kappa shape index (κ2) is 6.20. The van der Waals surface area contributed by atoms with Crippen molar-refractivity contribution in [3.05, 3.63) is 63.6 Å². The van der Waals surface area contributed by atoms with Gasteiger partial charge in [-0.25, -0.2) is 0 Å². The van der Waals surface area contributed by atoms with E-state index in [-0.39, 0.29) is 5.92 Å². The Labute approximate surface area is 133 Å². The van der Waals surface area contributed by atoms with Crippen LogP contribution in [0.4, 0.5) is 0 Å². The molecule has 1 N–H and O–H groups in total. The van der Waals surface area contributed by atoms with E-state index in [0.717, 1.165) is 35.0 Å². The molecule has 0 aliphatic heterocycles. The highest BCUT2D eigenvalue weighted by molar-refractivity contribution is 9.10. The molecule has 1 aliphatic rings. The maximum absolute atomic E-state index is 10.7. The molecule has 0 radical (unpaired) electrons. The Morgan fingerprint density at radius 3 is 2.67 bits per heavy atom. The van der Waals surface area contributed by atoms with Gasteiger partial charge in [0.1, 0.15) is 5.75 Å². The lowest BCUT2D eigenvalue weighted by molar-refractivity contribution is 0.0988. The van der Waals surface area contributed by atoms with Gasteiger partial charge in [-0.3, -0.25) is 0 Å². The second-order valence-electron chi connectivity index (χ2n) is 5.60. The minimum atomic E-state index is -0.446. The van der Waals surface area contributed by atoms with E-state index in [4.69, 9.17) is 4.74 Å². The lowest BCUT2D eigenvalue weighted by Crippen LogP contribution is -2.21. The molecule has 1 aliphatic carbocycles. The van der Waals surface area contributed by atoms with Gasteiger partial charge in [-0.05, 0) is 54.0 Å².